The average molecular weight is 288 g/mol. The number of nitrogens with two attached hydrogens (primary N) is 1. The van der Waals surface area contributed by atoms with Crippen LogP contribution in [-0.2, 0) is 10.0 Å². The molecule has 0 atom stereocenters. The molecule has 1 fully saturated rings. The van der Waals surface area contributed by atoms with E-state index in [4.69, 9.17) is 5.73 Å². The molecule has 5 nitrogen and oxygen atoms in total. The molecule has 0 unspecified atom stereocenters. The molecular weight excluding hydrogens is 271 g/mol. The molecule has 0 radical (unpaired) electrons. The third kappa shape index (κ3) is 2.72. The number of anilines is 1. The first-order valence-electron chi connectivity index (χ1n) is 6.06. The van der Waals surface area contributed by atoms with Gasteiger partial charge in [0, 0.05) is 13.1 Å². The van der Waals surface area contributed by atoms with E-state index < -0.39 is 21.9 Å². The number of aryl methyl sites for hydroxylation is 1. The van der Waals surface area contributed by atoms with Crippen molar-refractivity contribution in [3.8, 4) is 0 Å². The molecule has 19 heavy (non-hydrogen) atoms. The third-order valence-corrected chi connectivity index (χ3v) is 5.19. The second-order valence-corrected chi connectivity index (χ2v) is 6.72. The number of piperidine rings is 1. The Balaban J connectivity index is 2.35. The first kappa shape index (κ1) is 14.2. The molecule has 2 rings (SSSR count). The van der Waals surface area contributed by atoms with Gasteiger partial charge in [-0.25, -0.2) is 12.8 Å². The van der Waals surface area contributed by atoms with Crippen LogP contribution in [-0.4, -0.2) is 37.0 Å². The molecule has 0 aliphatic carbocycles. The Bertz CT molecular complexity index is 558. The highest BCUT2D eigenvalue weighted by atomic mass is 32.2. The van der Waals surface area contributed by atoms with Gasteiger partial charge in [-0.05, 0) is 37.5 Å². The Morgan fingerprint density at radius 3 is 2.47 bits per heavy atom. The highest BCUT2D eigenvalue weighted by molar-refractivity contribution is 7.89. The van der Waals surface area contributed by atoms with Crippen molar-refractivity contribution in [1.29, 1.82) is 0 Å². The Morgan fingerprint density at radius 1 is 1.37 bits per heavy atom. The van der Waals surface area contributed by atoms with Crippen LogP contribution in [0.2, 0.25) is 0 Å². The van der Waals surface area contributed by atoms with E-state index in [1.54, 1.807) is 0 Å². The summed E-state index contributed by atoms with van der Waals surface area (Å²) in [6.07, 6.45) is 0.371. The van der Waals surface area contributed by atoms with Crippen molar-refractivity contribution in [3.63, 3.8) is 0 Å². The molecule has 1 aliphatic rings. The maximum Gasteiger partial charge on any atom is 0.243 e. The number of aliphatic hydroxyl groups excluding tert-OH is 1. The van der Waals surface area contributed by atoms with Crippen LogP contribution >= 0.6 is 0 Å². The van der Waals surface area contributed by atoms with Gasteiger partial charge in [-0.3, -0.25) is 0 Å². The Morgan fingerprint density at radius 2 is 1.95 bits per heavy atom. The molecule has 1 aromatic rings. The number of rotatable bonds is 2. The van der Waals surface area contributed by atoms with Crippen LogP contribution < -0.4 is 5.73 Å². The number of benzene rings is 1. The van der Waals surface area contributed by atoms with E-state index in [0.717, 1.165) is 6.07 Å². The lowest BCUT2D eigenvalue weighted by atomic mass is 10.1. The van der Waals surface area contributed by atoms with Gasteiger partial charge in [0.1, 0.15) is 5.82 Å². The zero-order valence-electron chi connectivity index (χ0n) is 10.6. The number of halogens is 1. The van der Waals surface area contributed by atoms with E-state index in [1.165, 1.54) is 17.3 Å². The van der Waals surface area contributed by atoms with Gasteiger partial charge in [0.05, 0.1) is 16.7 Å². The van der Waals surface area contributed by atoms with Gasteiger partial charge in [-0.2, -0.15) is 4.31 Å². The monoisotopic (exact) mass is 288 g/mol. The summed E-state index contributed by atoms with van der Waals surface area (Å²) in [6.45, 7) is 2.00. The van der Waals surface area contributed by atoms with Gasteiger partial charge >= 0.3 is 0 Å². The second kappa shape index (κ2) is 5.07. The van der Waals surface area contributed by atoms with Crippen LogP contribution in [0.4, 0.5) is 10.1 Å². The van der Waals surface area contributed by atoms with Crippen LogP contribution in [0, 0.1) is 12.7 Å². The maximum atomic E-state index is 13.4. The topological polar surface area (TPSA) is 83.6 Å². The fourth-order valence-corrected chi connectivity index (χ4v) is 3.73. The minimum atomic E-state index is -3.67. The van der Waals surface area contributed by atoms with Crippen molar-refractivity contribution < 1.29 is 17.9 Å². The smallest absolute Gasteiger partial charge is 0.243 e. The summed E-state index contributed by atoms with van der Waals surface area (Å²) in [6, 6.07) is 2.43. The van der Waals surface area contributed by atoms with E-state index in [-0.39, 0.29) is 29.2 Å². The van der Waals surface area contributed by atoms with E-state index >= 15 is 0 Å². The van der Waals surface area contributed by atoms with Crippen LogP contribution in [0.3, 0.4) is 0 Å². The fraction of sp³-hybridized carbons (Fsp3) is 0.500. The van der Waals surface area contributed by atoms with Crippen molar-refractivity contribution in [2.24, 2.45) is 0 Å². The zero-order valence-corrected chi connectivity index (χ0v) is 11.5. The molecule has 0 amide bonds. The first-order valence-corrected chi connectivity index (χ1v) is 7.50. The highest BCUT2D eigenvalue weighted by Crippen LogP contribution is 2.25. The summed E-state index contributed by atoms with van der Waals surface area (Å²) in [4.78, 5) is 0.000268. The highest BCUT2D eigenvalue weighted by Gasteiger charge is 2.29. The zero-order chi connectivity index (χ0) is 14.2. The molecule has 106 valence electrons. The Labute approximate surface area is 111 Å². The minimum absolute atomic E-state index is 0.000268. The summed E-state index contributed by atoms with van der Waals surface area (Å²) < 4.78 is 39.5. The van der Waals surface area contributed by atoms with E-state index in [1.807, 2.05) is 0 Å². The van der Waals surface area contributed by atoms with Crippen molar-refractivity contribution >= 4 is 15.7 Å². The number of aliphatic hydroxyl groups is 1. The number of hydrogen-bond acceptors (Lipinski definition) is 4. The molecule has 1 aromatic carbocycles. The average Bonchev–Trinajstić information content (AvgIpc) is 2.35. The predicted octanol–water partition coefficient (Wildman–Crippen LogP) is 0.862. The largest absolute Gasteiger partial charge is 0.396 e. The van der Waals surface area contributed by atoms with Gasteiger partial charge in [0.2, 0.25) is 10.0 Å². The molecule has 0 spiro atoms. The molecule has 1 heterocycles. The fourth-order valence-electron chi connectivity index (χ4n) is 2.14. The molecule has 1 saturated heterocycles. The molecule has 0 aromatic heterocycles. The molecule has 7 heteroatoms. The molecule has 0 bridgehead atoms. The van der Waals surface area contributed by atoms with E-state index in [0.29, 0.717) is 12.8 Å². The number of nitrogen functional groups attached to an aromatic ring is 1. The lowest BCUT2D eigenvalue weighted by Crippen LogP contribution is -2.40. The third-order valence-electron chi connectivity index (χ3n) is 3.32. The predicted molar refractivity (Wildman–Crippen MR) is 69.5 cm³/mol. The van der Waals surface area contributed by atoms with Crippen LogP contribution in [0.5, 0.6) is 0 Å². The molecule has 0 saturated carbocycles. The van der Waals surface area contributed by atoms with Crippen molar-refractivity contribution in [1.82, 2.24) is 4.31 Å². The lowest BCUT2D eigenvalue weighted by molar-refractivity contribution is 0.113. The van der Waals surface area contributed by atoms with E-state index in [2.05, 4.69) is 0 Å². The number of nitrogens with zero attached hydrogens (tertiary/aromatic N) is 1. The quantitative estimate of drug-likeness (QED) is 0.791. The van der Waals surface area contributed by atoms with Crippen LogP contribution in [0.15, 0.2) is 17.0 Å². The van der Waals surface area contributed by atoms with Gasteiger partial charge in [0.15, 0.2) is 0 Å². The van der Waals surface area contributed by atoms with Gasteiger partial charge in [0.25, 0.3) is 0 Å². The summed E-state index contributed by atoms with van der Waals surface area (Å²) in [5, 5.41) is 9.40. The maximum absolute atomic E-state index is 13.4. The summed E-state index contributed by atoms with van der Waals surface area (Å²) in [5.74, 6) is -0.590. The number of sulfonamides is 1. The summed E-state index contributed by atoms with van der Waals surface area (Å²) in [5.41, 5.74) is 5.51. The Kier molecular flexibility index (Phi) is 3.80. The lowest BCUT2D eigenvalue weighted by Gasteiger charge is -2.28. The second-order valence-electron chi connectivity index (χ2n) is 4.78. The van der Waals surface area contributed by atoms with Crippen LogP contribution in [0.25, 0.3) is 0 Å². The first-order chi connectivity index (χ1) is 8.82. The van der Waals surface area contributed by atoms with Gasteiger partial charge < -0.3 is 10.8 Å². The van der Waals surface area contributed by atoms with E-state index in [9.17, 15) is 17.9 Å². The standard InChI is InChI=1S/C12H17FN2O3S/c1-8-6-10(7-11(14)12(8)13)19(17,18)15-4-2-9(16)3-5-15/h6-7,9,16H,2-5,14H2,1H3. The summed E-state index contributed by atoms with van der Waals surface area (Å²) in [7, 11) is -3.67. The van der Waals surface area contributed by atoms with Crippen LogP contribution in [0.1, 0.15) is 18.4 Å². The SMILES string of the molecule is Cc1cc(S(=O)(=O)N2CCC(O)CC2)cc(N)c1F. The van der Waals surface area contributed by atoms with Gasteiger partial charge in [-0.1, -0.05) is 0 Å². The van der Waals surface area contributed by atoms with Crippen molar-refractivity contribution in [2.45, 2.75) is 30.8 Å². The minimum Gasteiger partial charge on any atom is -0.396 e. The molecule has 3 N–H and O–H groups in total. The van der Waals surface area contributed by atoms with Crippen molar-refractivity contribution in [3.05, 3.63) is 23.5 Å². The molecule has 1 aliphatic heterocycles. The Hall–Kier alpha value is -1.18. The van der Waals surface area contributed by atoms with Crippen molar-refractivity contribution in [2.75, 3.05) is 18.8 Å². The normalized spacial score (nSPS) is 18.7. The molecular formula is C12H17FN2O3S. The summed E-state index contributed by atoms with van der Waals surface area (Å²) >= 11 is 0. The number of hydrogen-bond donors (Lipinski definition) is 2. The van der Waals surface area contributed by atoms with Gasteiger partial charge in [-0.15, -0.1) is 0 Å².